The first-order chi connectivity index (χ1) is 8.92. The van der Waals surface area contributed by atoms with Gasteiger partial charge in [0.15, 0.2) is 0 Å². The summed E-state index contributed by atoms with van der Waals surface area (Å²) in [6.45, 7) is 0. The highest BCUT2D eigenvalue weighted by atomic mass is 16.6. The van der Waals surface area contributed by atoms with E-state index in [-0.39, 0.29) is 6.10 Å². The van der Waals surface area contributed by atoms with E-state index < -0.39 is 0 Å². The molecule has 1 heteroatoms. The van der Waals surface area contributed by atoms with Crippen LogP contribution in [0.3, 0.4) is 0 Å². The third-order valence-electron chi connectivity index (χ3n) is 3.90. The summed E-state index contributed by atoms with van der Waals surface area (Å²) < 4.78 is 5.64. The molecule has 1 aliphatic heterocycles. The van der Waals surface area contributed by atoms with Gasteiger partial charge >= 0.3 is 0 Å². The van der Waals surface area contributed by atoms with Crippen LogP contribution >= 0.6 is 0 Å². The van der Waals surface area contributed by atoms with Gasteiger partial charge < -0.3 is 4.74 Å². The van der Waals surface area contributed by atoms with Gasteiger partial charge in [0.2, 0.25) is 0 Å². The summed E-state index contributed by atoms with van der Waals surface area (Å²) in [5.41, 5.74) is 1.35. The first-order valence-corrected chi connectivity index (χ1v) is 7.12. The van der Waals surface area contributed by atoms with Gasteiger partial charge in [0.05, 0.1) is 0 Å². The van der Waals surface area contributed by atoms with E-state index in [4.69, 9.17) is 4.74 Å². The first kappa shape index (κ1) is 11.8. The summed E-state index contributed by atoms with van der Waals surface area (Å²) >= 11 is 0. The molecule has 0 N–H and O–H groups in total. The number of epoxide rings is 1. The Hall–Kier alpha value is -1.26. The SMILES string of the molecule is C(#C[C@H]1O[C@@H]1Cc1ccccc1)C1CCCCC1. The first-order valence-electron chi connectivity index (χ1n) is 7.12. The smallest absolute Gasteiger partial charge is 0.145 e. The molecular formula is C17H20O. The number of rotatable bonds is 2. The lowest BCUT2D eigenvalue weighted by Gasteiger charge is -2.15. The molecule has 1 saturated heterocycles. The van der Waals surface area contributed by atoms with Gasteiger partial charge in [-0.25, -0.2) is 0 Å². The van der Waals surface area contributed by atoms with Crippen molar-refractivity contribution in [2.24, 2.45) is 5.92 Å². The molecule has 3 rings (SSSR count). The van der Waals surface area contributed by atoms with E-state index in [9.17, 15) is 0 Å². The lowest BCUT2D eigenvalue weighted by atomic mass is 9.90. The van der Waals surface area contributed by atoms with Gasteiger partial charge in [-0.3, -0.25) is 0 Å². The fourth-order valence-corrected chi connectivity index (χ4v) is 2.72. The summed E-state index contributed by atoms with van der Waals surface area (Å²) in [6.07, 6.45) is 8.25. The molecule has 0 unspecified atom stereocenters. The largest absolute Gasteiger partial charge is 0.355 e. The van der Waals surface area contributed by atoms with Gasteiger partial charge in [-0.2, -0.15) is 0 Å². The Morgan fingerprint density at radius 3 is 2.56 bits per heavy atom. The number of benzene rings is 1. The van der Waals surface area contributed by atoms with Gasteiger partial charge in [0.25, 0.3) is 0 Å². The predicted molar refractivity (Wildman–Crippen MR) is 73.2 cm³/mol. The molecule has 1 aliphatic carbocycles. The Labute approximate surface area is 110 Å². The summed E-state index contributed by atoms with van der Waals surface area (Å²) in [6, 6.07) is 10.5. The monoisotopic (exact) mass is 240 g/mol. The molecule has 1 nitrogen and oxygen atoms in total. The van der Waals surface area contributed by atoms with Crippen molar-refractivity contribution >= 4 is 0 Å². The standard InChI is InChI=1S/C17H20O/c1-3-7-14(8-4-1)11-12-16-17(18-16)13-15-9-5-2-6-10-15/h2,5-6,9-10,14,16-17H,1,3-4,7-8,13H2/t16-,17-/m1/s1. The van der Waals surface area contributed by atoms with Crippen molar-refractivity contribution in [1.29, 1.82) is 0 Å². The van der Waals surface area contributed by atoms with Crippen molar-refractivity contribution in [3.8, 4) is 11.8 Å². The van der Waals surface area contributed by atoms with Gasteiger partial charge in [-0.1, -0.05) is 61.4 Å². The zero-order chi connectivity index (χ0) is 12.2. The molecule has 2 atom stereocenters. The normalized spacial score (nSPS) is 27.3. The molecule has 2 fully saturated rings. The maximum Gasteiger partial charge on any atom is 0.145 e. The van der Waals surface area contributed by atoms with Gasteiger partial charge in [-0.15, -0.1) is 0 Å². The van der Waals surface area contributed by atoms with Crippen molar-refractivity contribution < 1.29 is 4.74 Å². The summed E-state index contributed by atoms with van der Waals surface area (Å²) in [5, 5.41) is 0. The van der Waals surface area contributed by atoms with Crippen LogP contribution in [0.1, 0.15) is 37.7 Å². The third-order valence-corrected chi connectivity index (χ3v) is 3.90. The van der Waals surface area contributed by atoms with E-state index in [0.717, 1.165) is 6.42 Å². The second-order valence-corrected chi connectivity index (χ2v) is 5.41. The Balaban J connectivity index is 1.48. The van der Waals surface area contributed by atoms with Crippen LogP contribution in [-0.4, -0.2) is 12.2 Å². The van der Waals surface area contributed by atoms with Crippen LogP contribution in [-0.2, 0) is 11.2 Å². The Morgan fingerprint density at radius 1 is 1.00 bits per heavy atom. The molecule has 0 spiro atoms. The Morgan fingerprint density at radius 2 is 1.78 bits per heavy atom. The molecule has 18 heavy (non-hydrogen) atoms. The van der Waals surface area contributed by atoms with Gasteiger partial charge in [-0.05, 0) is 18.4 Å². The molecule has 2 aliphatic rings. The predicted octanol–water partition coefficient (Wildman–Crippen LogP) is 3.58. The second kappa shape index (κ2) is 5.59. The van der Waals surface area contributed by atoms with Crippen molar-refractivity contribution in [1.82, 2.24) is 0 Å². The quantitative estimate of drug-likeness (QED) is 0.568. The number of hydrogen-bond acceptors (Lipinski definition) is 1. The Bertz CT molecular complexity index is 434. The average Bonchev–Trinajstić information content (AvgIpc) is 3.17. The fourth-order valence-electron chi connectivity index (χ4n) is 2.72. The molecule has 1 heterocycles. The highest BCUT2D eigenvalue weighted by Gasteiger charge is 2.37. The molecular weight excluding hydrogens is 220 g/mol. The van der Waals surface area contributed by atoms with Crippen LogP contribution in [0.5, 0.6) is 0 Å². The van der Waals surface area contributed by atoms with Crippen LogP contribution in [0.15, 0.2) is 30.3 Å². The lowest BCUT2D eigenvalue weighted by molar-refractivity contribution is 0.390. The van der Waals surface area contributed by atoms with Crippen molar-refractivity contribution in [2.75, 3.05) is 0 Å². The topological polar surface area (TPSA) is 12.5 Å². The van der Waals surface area contributed by atoms with E-state index in [1.807, 2.05) is 0 Å². The molecule has 1 saturated carbocycles. The molecule has 94 valence electrons. The van der Waals surface area contributed by atoms with Gasteiger partial charge in [0.1, 0.15) is 12.2 Å². The number of ether oxygens (including phenoxy) is 1. The number of hydrogen-bond donors (Lipinski definition) is 0. The highest BCUT2D eigenvalue weighted by molar-refractivity contribution is 5.22. The van der Waals surface area contributed by atoms with E-state index in [1.54, 1.807) is 0 Å². The average molecular weight is 240 g/mol. The summed E-state index contributed by atoms with van der Waals surface area (Å²) in [7, 11) is 0. The van der Waals surface area contributed by atoms with E-state index >= 15 is 0 Å². The van der Waals surface area contributed by atoms with E-state index in [0.29, 0.717) is 12.0 Å². The minimum atomic E-state index is 0.201. The van der Waals surface area contributed by atoms with Crippen LogP contribution in [0.25, 0.3) is 0 Å². The maximum absolute atomic E-state index is 5.64. The molecule has 0 aromatic heterocycles. The van der Waals surface area contributed by atoms with Gasteiger partial charge in [0, 0.05) is 12.3 Å². The summed E-state index contributed by atoms with van der Waals surface area (Å²) in [4.78, 5) is 0. The van der Waals surface area contributed by atoms with Crippen LogP contribution in [0.4, 0.5) is 0 Å². The van der Waals surface area contributed by atoms with Crippen molar-refractivity contribution in [3.63, 3.8) is 0 Å². The Kier molecular flexibility index (Phi) is 3.67. The molecule has 0 amide bonds. The molecule has 1 aromatic rings. The molecule has 1 aromatic carbocycles. The minimum Gasteiger partial charge on any atom is -0.355 e. The maximum atomic E-state index is 5.64. The zero-order valence-electron chi connectivity index (χ0n) is 10.8. The van der Waals surface area contributed by atoms with Crippen LogP contribution in [0, 0.1) is 17.8 Å². The minimum absolute atomic E-state index is 0.201. The van der Waals surface area contributed by atoms with Crippen LogP contribution < -0.4 is 0 Å². The molecule has 0 bridgehead atoms. The van der Waals surface area contributed by atoms with Crippen LogP contribution in [0.2, 0.25) is 0 Å². The van der Waals surface area contributed by atoms with E-state index in [2.05, 4.69) is 42.2 Å². The van der Waals surface area contributed by atoms with Crippen molar-refractivity contribution in [2.45, 2.75) is 50.7 Å². The zero-order valence-corrected chi connectivity index (χ0v) is 10.8. The highest BCUT2D eigenvalue weighted by Crippen LogP contribution is 2.27. The molecule has 0 radical (unpaired) electrons. The fraction of sp³-hybridized carbons (Fsp3) is 0.529. The van der Waals surface area contributed by atoms with E-state index in [1.165, 1.54) is 37.7 Å². The second-order valence-electron chi connectivity index (χ2n) is 5.41. The third kappa shape index (κ3) is 3.15. The summed E-state index contributed by atoms with van der Waals surface area (Å²) in [5.74, 6) is 7.39. The lowest BCUT2D eigenvalue weighted by Crippen LogP contribution is -2.04. The van der Waals surface area contributed by atoms with Crippen molar-refractivity contribution in [3.05, 3.63) is 35.9 Å².